The third kappa shape index (κ3) is 4.98. The van der Waals surface area contributed by atoms with Crippen molar-refractivity contribution < 1.29 is 13.2 Å². The molecule has 0 heterocycles. The predicted molar refractivity (Wildman–Crippen MR) is 110 cm³/mol. The molecule has 5 nitrogen and oxygen atoms in total. The number of carbonyl (C=O) groups excluding carboxylic acids is 1. The molecule has 144 valence electrons. The van der Waals surface area contributed by atoms with Crippen molar-refractivity contribution in [2.75, 3.05) is 17.8 Å². The first kappa shape index (κ1) is 20.7. The Morgan fingerprint density at radius 2 is 1.81 bits per heavy atom. The molecule has 6 heteroatoms. The number of hydrogen-bond acceptors (Lipinski definition) is 3. The average molecular weight is 387 g/mol. The summed E-state index contributed by atoms with van der Waals surface area (Å²) < 4.78 is 28.4. The molecule has 2 aromatic carbocycles. The Hall–Kier alpha value is -2.60. The number of hydrogen-bond donors (Lipinski definition) is 1. The molecule has 0 spiro atoms. The number of para-hydroxylation sites is 1. The lowest BCUT2D eigenvalue weighted by atomic mass is 10.1. The molecule has 0 atom stereocenters. The molecule has 1 N–H and O–H groups in total. The maximum absolute atomic E-state index is 12.9. The first-order valence-electron chi connectivity index (χ1n) is 8.78. The van der Waals surface area contributed by atoms with Crippen molar-refractivity contribution in [1.29, 1.82) is 0 Å². The van der Waals surface area contributed by atoms with Crippen molar-refractivity contribution in [2.45, 2.75) is 32.6 Å². The lowest BCUT2D eigenvalue weighted by Crippen LogP contribution is -2.33. The Morgan fingerprint density at radius 1 is 1.15 bits per heavy atom. The van der Waals surface area contributed by atoms with E-state index in [1.807, 2.05) is 26.8 Å². The van der Waals surface area contributed by atoms with Gasteiger partial charge in [0.25, 0.3) is 15.9 Å². The van der Waals surface area contributed by atoms with Gasteiger partial charge in [0.15, 0.2) is 0 Å². The van der Waals surface area contributed by atoms with Crippen LogP contribution in [0.1, 0.15) is 35.3 Å². The number of anilines is 1. The summed E-state index contributed by atoms with van der Waals surface area (Å²) in [5.41, 5.74) is 2.94. The van der Waals surface area contributed by atoms with Gasteiger partial charge in [-0.3, -0.25) is 9.52 Å². The van der Waals surface area contributed by atoms with E-state index in [0.29, 0.717) is 24.2 Å². The van der Waals surface area contributed by atoms with Gasteiger partial charge in [-0.2, -0.15) is 0 Å². The summed E-state index contributed by atoms with van der Waals surface area (Å²) in [7, 11) is -3.82. The Bertz CT molecular complexity index is 965. The Balaban J connectivity index is 2.42. The van der Waals surface area contributed by atoms with Crippen LogP contribution in [0.2, 0.25) is 0 Å². The fraction of sp³-hybridized carbons (Fsp3) is 0.286. The van der Waals surface area contributed by atoms with Crippen molar-refractivity contribution in [3.05, 3.63) is 71.3 Å². The van der Waals surface area contributed by atoms with Crippen LogP contribution in [0.4, 0.5) is 5.69 Å². The molecule has 0 aliphatic heterocycles. The minimum absolute atomic E-state index is 0.207. The van der Waals surface area contributed by atoms with Crippen LogP contribution in [0.15, 0.2) is 59.5 Å². The topological polar surface area (TPSA) is 66.5 Å². The normalized spacial score (nSPS) is 11.1. The monoisotopic (exact) mass is 386 g/mol. The first-order valence-corrected chi connectivity index (χ1v) is 10.3. The highest BCUT2D eigenvalue weighted by atomic mass is 32.2. The number of sulfonamides is 1. The second-order valence-electron chi connectivity index (χ2n) is 6.70. The number of nitrogens with zero attached hydrogens (tertiary/aromatic N) is 1. The fourth-order valence-electron chi connectivity index (χ4n) is 2.78. The van der Waals surface area contributed by atoms with Crippen LogP contribution in [-0.2, 0) is 10.0 Å². The van der Waals surface area contributed by atoms with Gasteiger partial charge in [-0.15, -0.1) is 0 Å². The van der Waals surface area contributed by atoms with Crippen LogP contribution < -0.4 is 4.72 Å². The standard InChI is InChI=1S/C21H26N2O3S/c1-6-23(14-15(2)3)21(24)18-9-7-8-10-19(18)22-27(25,26)20-13-16(4)11-12-17(20)5/h7-13,22H,2,6,14H2,1,3-5H3. The number of carbonyl (C=O) groups is 1. The van der Waals surface area contributed by atoms with E-state index in [2.05, 4.69) is 11.3 Å². The summed E-state index contributed by atoms with van der Waals surface area (Å²) >= 11 is 0. The quantitative estimate of drug-likeness (QED) is 0.727. The van der Waals surface area contributed by atoms with Crippen molar-refractivity contribution >= 4 is 21.6 Å². The highest BCUT2D eigenvalue weighted by Crippen LogP contribution is 2.24. The van der Waals surface area contributed by atoms with E-state index in [0.717, 1.165) is 11.1 Å². The Kier molecular flexibility index (Phi) is 6.44. The zero-order chi connectivity index (χ0) is 20.2. The third-order valence-corrected chi connectivity index (χ3v) is 5.67. The second kappa shape index (κ2) is 8.39. The van der Waals surface area contributed by atoms with Crippen molar-refractivity contribution in [3.8, 4) is 0 Å². The maximum Gasteiger partial charge on any atom is 0.262 e. The van der Waals surface area contributed by atoms with Gasteiger partial charge >= 0.3 is 0 Å². The second-order valence-corrected chi connectivity index (χ2v) is 8.35. The molecule has 0 aliphatic rings. The predicted octanol–water partition coefficient (Wildman–Crippen LogP) is 4.14. The summed E-state index contributed by atoms with van der Waals surface area (Å²) in [6, 6.07) is 11.9. The van der Waals surface area contributed by atoms with Crippen LogP contribution in [0.25, 0.3) is 0 Å². The van der Waals surface area contributed by atoms with Gasteiger partial charge in [0.2, 0.25) is 0 Å². The molecule has 0 saturated carbocycles. The van der Waals surface area contributed by atoms with E-state index in [1.54, 1.807) is 48.2 Å². The van der Waals surface area contributed by atoms with Crippen molar-refractivity contribution in [3.63, 3.8) is 0 Å². The number of benzene rings is 2. The Morgan fingerprint density at radius 3 is 2.44 bits per heavy atom. The summed E-state index contributed by atoms with van der Waals surface area (Å²) in [4.78, 5) is 14.8. The average Bonchev–Trinajstić information content (AvgIpc) is 2.61. The number of likely N-dealkylation sites (N-methyl/N-ethyl adjacent to an activating group) is 1. The van der Waals surface area contributed by atoms with Gasteiger partial charge in [-0.05, 0) is 57.0 Å². The van der Waals surface area contributed by atoms with Gasteiger partial charge in [0.05, 0.1) is 16.1 Å². The number of nitrogens with one attached hydrogen (secondary N) is 1. The summed E-state index contributed by atoms with van der Waals surface area (Å²) in [5.74, 6) is -0.236. The van der Waals surface area contributed by atoms with Gasteiger partial charge in [-0.25, -0.2) is 8.42 Å². The van der Waals surface area contributed by atoms with Crippen molar-refractivity contribution in [1.82, 2.24) is 4.90 Å². The summed E-state index contributed by atoms with van der Waals surface area (Å²) in [6.07, 6.45) is 0. The van der Waals surface area contributed by atoms with Crippen molar-refractivity contribution in [2.24, 2.45) is 0 Å². The zero-order valence-electron chi connectivity index (χ0n) is 16.2. The fourth-order valence-corrected chi connectivity index (χ4v) is 4.19. The van der Waals surface area contributed by atoms with Gasteiger partial charge in [0, 0.05) is 13.1 Å². The summed E-state index contributed by atoms with van der Waals surface area (Å²) in [6.45, 7) is 12.1. The van der Waals surface area contributed by atoms with E-state index in [1.165, 1.54) is 0 Å². The maximum atomic E-state index is 12.9. The van der Waals surface area contributed by atoms with Crippen LogP contribution in [-0.4, -0.2) is 32.3 Å². The smallest absolute Gasteiger partial charge is 0.262 e. The van der Waals surface area contributed by atoms with E-state index in [-0.39, 0.29) is 16.5 Å². The van der Waals surface area contributed by atoms with E-state index in [4.69, 9.17) is 0 Å². The largest absolute Gasteiger partial charge is 0.335 e. The Labute approximate surface area is 161 Å². The number of aryl methyl sites for hydroxylation is 2. The van der Waals surface area contributed by atoms with Gasteiger partial charge < -0.3 is 4.90 Å². The molecule has 0 saturated heterocycles. The van der Waals surface area contributed by atoms with E-state index < -0.39 is 10.0 Å². The summed E-state index contributed by atoms with van der Waals surface area (Å²) in [5, 5.41) is 0. The number of amides is 1. The lowest BCUT2D eigenvalue weighted by molar-refractivity contribution is 0.0779. The highest BCUT2D eigenvalue weighted by Gasteiger charge is 2.22. The molecule has 0 radical (unpaired) electrons. The van der Waals surface area contributed by atoms with Gasteiger partial charge in [-0.1, -0.05) is 36.4 Å². The van der Waals surface area contributed by atoms with E-state index >= 15 is 0 Å². The molecular weight excluding hydrogens is 360 g/mol. The molecule has 2 aromatic rings. The lowest BCUT2D eigenvalue weighted by Gasteiger charge is -2.22. The zero-order valence-corrected chi connectivity index (χ0v) is 17.1. The molecule has 0 aliphatic carbocycles. The molecule has 27 heavy (non-hydrogen) atoms. The van der Waals surface area contributed by atoms with Crippen LogP contribution in [0.5, 0.6) is 0 Å². The molecule has 0 bridgehead atoms. The molecule has 2 rings (SSSR count). The molecule has 1 amide bonds. The molecule has 0 fully saturated rings. The highest BCUT2D eigenvalue weighted by molar-refractivity contribution is 7.92. The minimum Gasteiger partial charge on any atom is -0.335 e. The first-order chi connectivity index (χ1) is 12.7. The molecule has 0 aromatic heterocycles. The van der Waals surface area contributed by atoms with Crippen LogP contribution >= 0.6 is 0 Å². The van der Waals surface area contributed by atoms with E-state index in [9.17, 15) is 13.2 Å². The SMILES string of the molecule is C=C(C)CN(CC)C(=O)c1ccccc1NS(=O)(=O)c1cc(C)ccc1C. The van der Waals surface area contributed by atoms with Crippen LogP contribution in [0.3, 0.4) is 0 Å². The molecule has 0 unspecified atom stereocenters. The molecular formula is C21H26N2O3S. The van der Waals surface area contributed by atoms with Crippen LogP contribution in [0, 0.1) is 13.8 Å². The third-order valence-electron chi connectivity index (χ3n) is 4.16. The minimum atomic E-state index is -3.82. The van der Waals surface area contributed by atoms with Gasteiger partial charge in [0.1, 0.15) is 0 Å². The number of rotatable bonds is 7.